The summed E-state index contributed by atoms with van der Waals surface area (Å²) < 4.78 is 1.12. The van der Waals surface area contributed by atoms with Crippen molar-refractivity contribution in [1.82, 2.24) is 4.98 Å². The van der Waals surface area contributed by atoms with Gasteiger partial charge in [0.15, 0.2) is 0 Å². The third-order valence-electron chi connectivity index (χ3n) is 2.32. The van der Waals surface area contributed by atoms with E-state index in [1.807, 2.05) is 18.2 Å². The third kappa shape index (κ3) is 2.22. The number of rotatable bonds is 3. The Balaban J connectivity index is 2.41. The fourth-order valence-corrected chi connectivity index (χ4v) is 2.47. The summed E-state index contributed by atoms with van der Waals surface area (Å²) in [5.74, 6) is -0.390. The first-order valence-electron chi connectivity index (χ1n) is 5.17. The van der Waals surface area contributed by atoms with E-state index in [4.69, 9.17) is 5.11 Å². The second-order valence-electron chi connectivity index (χ2n) is 4.08. The molecule has 0 radical (unpaired) electrons. The highest BCUT2D eigenvalue weighted by Gasteiger charge is 2.08. The van der Waals surface area contributed by atoms with Crippen LogP contribution in [0.3, 0.4) is 0 Å². The summed E-state index contributed by atoms with van der Waals surface area (Å²) in [6, 6.07) is 5.68. The molecule has 1 heterocycles. The number of carbonyl (C=O) groups is 1. The van der Waals surface area contributed by atoms with Crippen LogP contribution in [0.5, 0.6) is 0 Å². The Bertz CT molecular complexity index is 531. The zero-order valence-electron chi connectivity index (χ0n) is 9.23. The summed E-state index contributed by atoms with van der Waals surface area (Å²) in [4.78, 5) is 15.1. The molecule has 0 saturated carbocycles. The van der Waals surface area contributed by atoms with Gasteiger partial charge in [0, 0.05) is 5.92 Å². The lowest BCUT2D eigenvalue weighted by atomic mass is 10.1. The number of benzene rings is 1. The Hall–Kier alpha value is -1.42. The number of carboxylic acids is 1. The summed E-state index contributed by atoms with van der Waals surface area (Å²) in [6.07, 6.45) is 0.0600. The number of thiazole rings is 1. The average Bonchev–Trinajstić information content (AvgIpc) is 2.59. The van der Waals surface area contributed by atoms with E-state index in [9.17, 15) is 4.79 Å². The van der Waals surface area contributed by atoms with Crippen LogP contribution in [0.2, 0.25) is 0 Å². The molecule has 0 aliphatic rings. The van der Waals surface area contributed by atoms with Gasteiger partial charge < -0.3 is 5.11 Å². The van der Waals surface area contributed by atoms with Crippen molar-refractivity contribution in [3.8, 4) is 0 Å². The normalized spacial score (nSPS) is 11.2. The Labute approximate surface area is 97.8 Å². The van der Waals surface area contributed by atoms with Crippen LogP contribution in [0, 0.1) is 0 Å². The van der Waals surface area contributed by atoms with Crippen molar-refractivity contribution in [3.05, 3.63) is 28.8 Å². The van der Waals surface area contributed by atoms with E-state index in [0.29, 0.717) is 5.92 Å². The van der Waals surface area contributed by atoms with Gasteiger partial charge in [-0.1, -0.05) is 19.9 Å². The van der Waals surface area contributed by atoms with Crippen LogP contribution in [-0.2, 0) is 11.2 Å². The summed E-state index contributed by atoms with van der Waals surface area (Å²) in [5, 5.41) is 9.81. The van der Waals surface area contributed by atoms with Crippen LogP contribution in [0.4, 0.5) is 0 Å². The van der Waals surface area contributed by atoms with Crippen LogP contribution < -0.4 is 0 Å². The number of aliphatic carboxylic acids is 1. The number of fused-ring (bicyclic) bond motifs is 1. The molecule has 0 aliphatic heterocycles. The second-order valence-corrected chi connectivity index (χ2v) is 5.14. The van der Waals surface area contributed by atoms with Crippen LogP contribution >= 0.6 is 11.3 Å². The van der Waals surface area contributed by atoms with E-state index in [1.165, 1.54) is 0 Å². The monoisotopic (exact) mass is 235 g/mol. The summed E-state index contributed by atoms with van der Waals surface area (Å²) in [5.41, 5.74) is 1.72. The molecular formula is C12H13NO2S. The van der Waals surface area contributed by atoms with E-state index >= 15 is 0 Å². The molecule has 1 aromatic carbocycles. The highest BCUT2D eigenvalue weighted by atomic mass is 32.1. The SMILES string of the molecule is CC(C)c1nc2cc(CC(=O)O)ccc2s1. The van der Waals surface area contributed by atoms with Gasteiger partial charge in [0.05, 0.1) is 21.6 Å². The van der Waals surface area contributed by atoms with Crippen molar-refractivity contribution in [3.63, 3.8) is 0 Å². The van der Waals surface area contributed by atoms with E-state index < -0.39 is 5.97 Å². The Kier molecular flexibility index (Phi) is 2.92. The predicted molar refractivity (Wildman–Crippen MR) is 65.0 cm³/mol. The van der Waals surface area contributed by atoms with Gasteiger partial charge in [-0.2, -0.15) is 0 Å². The second kappa shape index (κ2) is 4.22. The van der Waals surface area contributed by atoms with Gasteiger partial charge in [-0.3, -0.25) is 4.79 Å². The minimum Gasteiger partial charge on any atom is -0.481 e. The lowest BCUT2D eigenvalue weighted by Gasteiger charge is -1.95. The first-order valence-corrected chi connectivity index (χ1v) is 5.99. The van der Waals surface area contributed by atoms with E-state index in [2.05, 4.69) is 18.8 Å². The zero-order valence-corrected chi connectivity index (χ0v) is 10.0. The average molecular weight is 235 g/mol. The minimum atomic E-state index is -0.807. The molecule has 0 amide bonds. The highest BCUT2D eigenvalue weighted by molar-refractivity contribution is 7.18. The number of hydrogen-bond donors (Lipinski definition) is 1. The minimum absolute atomic E-state index is 0.0600. The van der Waals surface area contributed by atoms with Gasteiger partial charge in [0.25, 0.3) is 0 Å². The van der Waals surface area contributed by atoms with Crippen molar-refractivity contribution in [2.24, 2.45) is 0 Å². The van der Waals surface area contributed by atoms with Gasteiger partial charge in [-0.25, -0.2) is 4.98 Å². The summed E-state index contributed by atoms with van der Waals surface area (Å²) in [7, 11) is 0. The number of aromatic nitrogens is 1. The molecule has 16 heavy (non-hydrogen) atoms. The maximum absolute atomic E-state index is 10.6. The Morgan fingerprint density at radius 1 is 1.50 bits per heavy atom. The number of nitrogens with zero attached hydrogens (tertiary/aromatic N) is 1. The van der Waals surface area contributed by atoms with Crippen LogP contribution in [0.1, 0.15) is 30.3 Å². The summed E-state index contributed by atoms with van der Waals surface area (Å²) >= 11 is 1.67. The molecule has 2 rings (SSSR count). The molecule has 2 aromatic rings. The molecule has 0 atom stereocenters. The zero-order chi connectivity index (χ0) is 11.7. The lowest BCUT2D eigenvalue weighted by molar-refractivity contribution is -0.136. The molecule has 0 unspecified atom stereocenters. The van der Waals surface area contributed by atoms with E-state index in [0.717, 1.165) is 20.8 Å². The Morgan fingerprint density at radius 2 is 2.25 bits per heavy atom. The van der Waals surface area contributed by atoms with Crippen molar-refractivity contribution >= 4 is 27.5 Å². The van der Waals surface area contributed by atoms with Crippen molar-refractivity contribution in [2.45, 2.75) is 26.2 Å². The van der Waals surface area contributed by atoms with E-state index in [-0.39, 0.29) is 6.42 Å². The maximum atomic E-state index is 10.6. The number of hydrogen-bond acceptors (Lipinski definition) is 3. The molecule has 84 valence electrons. The van der Waals surface area contributed by atoms with Crippen molar-refractivity contribution in [1.29, 1.82) is 0 Å². The Morgan fingerprint density at radius 3 is 2.88 bits per heavy atom. The standard InChI is InChI=1S/C12H13NO2S/c1-7(2)12-13-9-5-8(6-11(14)15)3-4-10(9)16-12/h3-5,7H,6H2,1-2H3,(H,14,15). The smallest absolute Gasteiger partial charge is 0.307 e. The van der Waals surface area contributed by atoms with E-state index in [1.54, 1.807) is 11.3 Å². The lowest BCUT2D eigenvalue weighted by Crippen LogP contribution is -1.99. The quantitative estimate of drug-likeness (QED) is 0.889. The predicted octanol–water partition coefficient (Wildman–Crippen LogP) is 3.05. The van der Waals surface area contributed by atoms with Crippen LogP contribution in [0.15, 0.2) is 18.2 Å². The van der Waals surface area contributed by atoms with Crippen LogP contribution in [-0.4, -0.2) is 16.1 Å². The molecule has 3 nitrogen and oxygen atoms in total. The highest BCUT2D eigenvalue weighted by Crippen LogP contribution is 2.27. The summed E-state index contributed by atoms with van der Waals surface area (Å²) in [6.45, 7) is 4.21. The van der Waals surface area contributed by atoms with Gasteiger partial charge in [-0.15, -0.1) is 11.3 Å². The molecule has 0 aliphatic carbocycles. The largest absolute Gasteiger partial charge is 0.481 e. The molecular weight excluding hydrogens is 222 g/mol. The van der Waals surface area contributed by atoms with Gasteiger partial charge >= 0.3 is 5.97 Å². The topological polar surface area (TPSA) is 50.2 Å². The van der Waals surface area contributed by atoms with Gasteiger partial charge in [-0.05, 0) is 17.7 Å². The molecule has 1 N–H and O–H groups in total. The first kappa shape index (κ1) is 11.1. The van der Waals surface area contributed by atoms with Gasteiger partial charge in [0.2, 0.25) is 0 Å². The molecule has 0 spiro atoms. The fraction of sp³-hybridized carbons (Fsp3) is 0.333. The maximum Gasteiger partial charge on any atom is 0.307 e. The first-order chi connectivity index (χ1) is 7.56. The fourth-order valence-electron chi connectivity index (χ4n) is 1.52. The van der Waals surface area contributed by atoms with Crippen molar-refractivity contribution in [2.75, 3.05) is 0 Å². The number of carboxylic acid groups (broad SMARTS) is 1. The third-order valence-corrected chi connectivity index (χ3v) is 3.65. The molecule has 0 bridgehead atoms. The van der Waals surface area contributed by atoms with Crippen molar-refractivity contribution < 1.29 is 9.90 Å². The molecule has 0 saturated heterocycles. The molecule has 1 aromatic heterocycles. The molecule has 0 fully saturated rings. The van der Waals surface area contributed by atoms with Crippen LogP contribution in [0.25, 0.3) is 10.2 Å². The molecule has 4 heteroatoms. The van der Waals surface area contributed by atoms with Gasteiger partial charge in [0.1, 0.15) is 0 Å².